The Labute approximate surface area is 137 Å². The largest absolute Gasteiger partial charge is 0.508 e. The quantitative estimate of drug-likeness (QED) is 0.728. The molecule has 0 saturated carbocycles. The van der Waals surface area contributed by atoms with E-state index >= 15 is 0 Å². The third kappa shape index (κ3) is 3.19. The minimum absolute atomic E-state index is 0.0500. The molecular formula is C17H16FN3O3. The van der Waals surface area contributed by atoms with E-state index in [2.05, 4.69) is 10.1 Å². The Bertz CT molecular complexity index is 892. The lowest BCUT2D eigenvalue weighted by Gasteiger charge is -2.05. The van der Waals surface area contributed by atoms with Gasteiger partial charge in [0.25, 0.3) is 0 Å². The molecule has 7 heteroatoms. The highest BCUT2D eigenvalue weighted by Crippen LogP contribution is 2.20. The molecule has 0 amide bonds. The average Bonchev–Trinajstić information content (AvgIpc) is 2.99. The van der Waals surface area contributed by atoms with E-state index in [1.54, 1.807) is 19.2 Å². The van der Waals surface area contributed by atoms with Gasteiger partial charge in [-0.2, -0.15) is 5.10 Å². The van der Waals surface area contributed by atoms with Crippen molar-refractivity contribution in [1.82, 2.24) is 14.6 Å². The van der Waals surface area contributed by atoms with Gasteiger partial charge in [-0.15, -0.1) is 0 Å². The molecule has 0 aliphatic carbocycles. The lowest BCUT2D eigenvalue weighted by atomic mass is 10.1. The summed E-state index contributed by atoms with van der Waals surface area (Å²) in [5.74, 6) is -0.819. The van der Waals surface area contributed by atoms with Crippen molar-refractivity contribution in [3.05, 3.63) is 59.3 Å². The van der Waals surface area contributed by atoms with Gasteiger partial charge in [-0.05, 0) is 49.6 Å². The van der Waals surface area contributed by atoms with E-state index in [1.807, 2.05) is 0 Å². The summed E-state index contributed by atoms with van der Waals surface area (Å²) in [5.41, 5.74) is 1.93. The number of halogens is 1. The molecule has 3 rings (SSSR count). The zero-order valence-corrected chi connectivity index (χ0v) is 13.1. The second kappa shape index (κ2) is 6.66. The molecule has 1 N–H and O–H groups in total. The molecule has 2 aromatic heterocycles. The standard InChI is InChI=1S/C17H16FN3O3/c1-2-24-17(23)14-10-19-21-8-7-13(20-16(14)21)5-3-11-9-12(18)4-6-15(11)22/h4,6-10,22H,2-3,5H2,1H3. The molecule has 6 nitrogen and oxygen atoms in total. The van der Waals surface area contributed by atoms with Crippen LogP contribution in [0.5, 0.6) is 5.75 Å². The Hall–Kier alpha value is -2.96. The van der Waals surface area contributed by atoms with Crippen LogP contribution >= 0.6 is 0 Å². The molecule has 2 heterocycles. The number of rotatable bonds is 5. The zero-order chi connectivity index (χ0) is 17.1. The van der Waals surface area contributed by atoms with E-state index in [-0.39, 0.29) is 12.4 Å². The Morgan fingerprint density at radius 2 is 2.17 bits per heavy atom. The highest BCUT2D eigenvalue weighted by Gasteiger charge is 2.15. The smallest absolute Gasteiger partial charge is 0.343 e. The predicted octanol–water partition coefficient (Wildman–Crippen LogP) is 2.54. The molecule has 0 aliphatic heterocycles. The number of phenolic OH excluding ortho intramolecular Hbond substituents is 1. The first-order valence-corrected chi connectivity index (χ1v) is 7.56. The molecule has 0 bridgehead atoms. The first-order valence-electron chi connectivity index (χ1n) is 7.56. The van der Waals surface area contributed by atoms with Crippen LogP contribution in [0.4, 0.5) is 4.39 Å². The average molecular weight is 329 g/mol. The summed E-state index contributed by atoms with van der Waals surface area (Å²) in [6, 6.07) is 5.61. The summed E-state index contributed by atoms with van der Waals surface area (Å²) in [4.78, 5) is 16.3. The number of aromatic hydroxyl groups is 1. The van der Waals surface area contributed by atoms with Gasteiger partial charge in [0.15, 0.2) is 5.65 Å². The minimum atomic E-state index is -0.472. The van der Waals surface area contributed by atoms with Gasteiger partial charge < -0.3 is 9.84 Å². The number of benzene rings is 1. The molecule has 24 heavy (non-hydrogen) atoms. The third-order valence-corrected chi connectivity index (χ3v) is 3.61. The number of carbonyl (C=O) groups is 1. The third-order valence-electron chi connectivity index (χ3n) is 3.61. The molecular weight excluding hydrogens is 313 g/mol. The van der Waals surface area contributed by atoms with Crippen LogP contribution in [0.2, 0.25) is 0 Å². The Balaban J connectivity index is 1.83. The van der Waals surface area contributed by atoms with Gasteiger partial charge in [-0.1, -0.05) is 0 Å². The summed E-state index contributed by atoms with van der Waals surface area (Å²) < 4.78 is 19.7. The van der Waals surface area contributed by atoms with Crippen LogP contribution in [0.1, 0.15) is 28.5 Å². The Morgan fingerprint density at radius 3 is 2.96 bits per heavy atom. The van der Waals surface area contributed by atoms with Crippen molar-refractivity contribution in [3.8, 4) is 5.75 Å². The molecule has 124 valence electrons. The van der Waals surface area contributed by atoms with Crippen molar-refractivity contribution in [2.75, 3.05) is 6.61 Å². The van der Waals surface area contributed by atoms with E-state index in [0.717, 1.165) is 0 Å². The Kier molecular flexibility index (Phi) is 4.41. The topological polar surface area (TPSA) is 76.7 Å². The number of fused-ring (bicyclic) bond motifs is 1. The molecule has 0 radical (unpaired) electrons. The van der Waals surface area contributed by atoms with Crippen molar-refractivity contribution in [2.24, 2.45) is 0 Å². The summed E-state index contributed by atoms with van der Waals surface area (Å²) in [6.07, 6.45) is 4.03. The molecule has 1 aromatic carbocycles. The van der Waals surface area contributed by atoms with Gasteiger partial charge in [-0.3, -0.25) is 0 Å². The minimum Gasteiger partial charge on any atom is -0.508 e. The van der Waals surface area contributed by atoms with Crippen LogP contribution < -0.4 is 0 Å². The number of hydrogen-bond donors (Lipinski definition) is 1. The fourth-order valence-corrected chi connectivity index (χ4v) is 2.42. The van der Waals surface area contributed by atoms with E-state index in [4.69, 9.17) is 4.74 Å². The molecule has 3 aromatic rings. The number of ether oxygens (including phenoxy) is 1. The highest BCUT2D eigenvalue weighted by atomic mass is 19.1. The molecule has 0 spiro atoms. The number of phenols is 1. The molecule has 0 fully saturated rings. The van der Waals surface area contributed by atoms with E-state index in [0.29, 0.717) is 35.3 Å². The maximum Gasteiger partial charge on any atom is 0.343 e. The van der Waals surface area contributed by atoms with Gasteiger partial charge in [-0.25, -0.2) is 18.7 Å². The fraction of sp³-hybridized carbons (Fsp3) is 0.235. The summed E-state index contributed by atoms with van der Waals surface area (Å²) in [5, 5.41) is 13.8. The van der Waals surface area contributed by atoms with Gasteiger partial charge in [0.05, 0.1) is 12.8 Å². The van der Waals surface area contributed by atoms with Gasteiger partial charge in [0, 0.05) is 11.9 Å². The van der Waals surface area contributed by atoms with Crippen molar-refractivity contribution in [3.63, 3.8) is 0 Å². The number of hydrogen-bond acceptors (Lipinski definition) is 5. The van der Waals surface area contributed by atoms with Crippen molar-refractivity contribution in [2.45, 2.75) is 19.8 Å². The number of nitrogens with zero attached hydrogens (tertiary/aromatic N) is 3. The van der Waals surface area contributed by atoms with Crippen LogP contribution in [0, 0.1) is 5.82 Å². The number of aryl methyl sites for hydroxylation is 2. The van der Waals surface area contributed by atoms with Gasteiger partial charge in [0.2, 0.25) is 0 Å². The highest BCUT2D eigenvalue weighted by molar-refractivity contribution is 5.95. The molecule has 0 atom stereocenters. The Morgan fingerprint density at radius 1 is 1.33 bits per heavy atom. The SMILES string of the molecule is CCOC(=O)c1cnn2ccc(CCc3cc(F)ccc3O)nc12. The number of esters is 1. The second-order valence-electron chi connectivity index (χ2n) is 5.24. The zero-order valence-electron chi connectivity index (χ0n) is 13.1. The van der Waals surface area contributed by atoms with E-state index in [1.165, 1.54) is 28.9 Å². The van der Waals surface area contributed by atoms with Crippen LogP contribution in [0.3, 0.4) is 0 Å². The molecule has 0 aliphatic rings. The van der Waals surface area contributed by atoms with Gasteiger partial charge in [0.1, 0.15) is 17.1 Å². The molecule has 0 saturated heterocycles. The number of aromatic nitrogens is 3. The molecule has 0 unspecified atom stereocenters. The van der Waals surface area contributed by atoms with E-state index < -0.39 is 11.8 Å². The van der Waals surface area contributed by atoms with Crippen molar-refractivity contribution >= 4 is 11.6 Å². The van der Waals surface area contributed by atoms with Crippen LogP contribution in [0.25, 0.3) is 5.65 Å². The second-order valence-corrected chi connectivity index (χ2v) is 5.24. The predicted molar refractivity (Wildman–Crippen MR) is 84.4 cm³/mol. The lowest BCUT2D eigenvalue weighted by Crippen LogP contribution is -2.06. The van der Waals surface area contributed by atoms with Crippen LogP contribution in [0.15, 0.2) is 36.7 Å². The van der Waals surface area contributed by atoms with Gasteiger partial charge >= 0.3 is 5.97 Å². The fourth-order valence-electron chi connectivity index (χ4n) is 2.42. The normalized spacial score (nSPS) is 10.9. The van der Waals surface area contributed by atoms with E-state index in [9.17, 15) is 14.3 Å². The van der Waals surface area contributed by atoms with Crippen LogP contribution in [-0.4, -0.2) is 32.3 Å². The summed E-state index contributed by atoms with van der Waals surface area (Å²) in [6.45, 7) is 2.00. The first-order chi connectivity index (χ1) is 11.6. The van der Waals surface area contributed by atoms with Crippen molar-refractivity contribution < 1.29 is 19.0 Å². The first kappa shape index (κ1) is 15.9. The summed E-state index contributed by atoms with van der Waals surface area (Å²) >= 11 is 0. The maximum atomic E-state index is 13.3. The van der Waals surface area contributed by atoms with Crippen molar-refractivity contribution in [1.29, 1.82) is 0 Å². The maximum absolute atomic E-state index is 13.3. The monoisotopic (exact) mass is 329 g/mol. The number of carbonyl (C=O) groups excluding carboxylic acids is 1. The lowest BCUT2D eigenvalue weighted by molar-refractivity contribution is 0.0528. The van der Waals surface area contributed by atoms with Crippen LogP contribution in [-0.2, 0) is 17.6 Å². The summed E-state index contributed by atoms with van der Waals surface area (Å²) in [7, 11) is 0.